The standard InChI is InChI=1S/C18H17ClN2O4/c1-3-9-25-18-16(19)10-13(11-17(18)24-4-2)12-20-14-5-7-15(8-6-14)21(22)23/h1,5-8,10-11,20H,4,9,12H2,2H3. The molecular weight excluding hydrogens is 344 g/mol. The van der Waals surface area contributed by atoms with Crippen molar-refractivity contribution in [3.63, 3.8) is 0 Å². The van der Waals surface area contributed by atoms with Crippen LogP contribution in [-0.4, -0.2) is 18.1 Å². The molecule has 2 rings (SSSR count). The number of nitro benzene ring substituents is 1. The summed E-state index contributed by atoms with van der Waals surface area (Å²) in [5.41, 5.74) is 1.68. The van der Waals surface area contributed by atoms with E-state index in [0.717, 1.165) is 11.3 Å². The van der Waals surface area contributed by atoms with Gasteiger partial charge in [-0.1, -0.05) is 17.5 Å². The first-order chi connectivity index (χ1) is 12.0. The van der Waals surface area contributed by atoms with Crippen LogP contribution in [0.15, 0.2) is 36.4 Å². The summed E-state index contributed by atoms with van der Waals surface area (Å²) >= 11 is 6.27. The summed E-state index contributed by atoms with van der Waals surface area (Å²) in [5.74, 6) is 3.33. The highest BCUT2D eigenvalue weighted by molar-refractivity contribution is 6.32. The predicted molar refractivity (Wildman–Crippen MR) is 97.4 cm³/mol. The second-order valence-corrected chi connectivity index (χ2v) is 5.40. The summed E-state index contributed by atoms with van der Waals surface area (Å²) in [7, 11) is 0. The Labute approximate surface area is 150 Å². The SMILES string of the molecule is C#CCOc1c(Cl)cc(CNc2ccc([N+](=O)[O-])cc2)cc1OCC. The summed E-state index contributed by atoms with van der Waals surface area (Å²) in [5, 5.41) is 14.2. The number of non-ortho nitro benzene ring substituents is 1. The van der Waals surface area contributed by atoms with E-state index in [2.05, 4.69) is 11.2 Å². The maximum Gasteiger partial charge on any atom is 0.269 e. The number of hydrogen-bond donors (Lipinski definition) is 1. The quantitative estimate of drug-likeness (QED) is 0.432. The van der Waals surface area contributed by atoms with Crippen LogP contribution < -0.4 is 14.8 Å². The normalized spacial score (nSPS) is 9.96. The van der Waals surface area contributed by atoms with Crippen LogP contribution in [0, 0.1) is 22.5 Å². The Morgan fingerprint density at radius 3 is 2.60 bits per heavy atom. The lowest BCUT2D eigenvalue weighted by molar-refractivity contribution is -0.384. The molecule has 0 unspecified atom stereocenters. The molecule has 25 heavy (non-hydrogen) atoms. The fourth-order valence-corrected chi connectivity index (χ4v) is 2.43. The Morgan fingerprint density at radius 1 is 1.28 bits per heavy atom. The van der Waals surface area contributed by atoms with Gasteiger partial charge >= 0.3 is 0 Å². The van der Waals surface area contributed by atoms with Gasteiger partial charge in [0.05, 0.1) is 16.6 Å². The number of ether oxygens (including phenoxy) is 2. The molecule has 6 nitrogen and oxygen atoms in total. The van der Waals surface area contributed by atoms with E-state index in [4.69, 9.17) is 27.5 Å². The van der Waals surface area contributed by atoms with Crippen LogP contribution in [0.25, 0.3) is 0 Å². The van der Waals surface area contributed by atoms with Gasteiger partial charge in [0, 0.05) is 24.4 Å². The number of nitrogens with one attached hydrogen (secondary N) is 1. The Morgan fingerprint density at radius 2 is 2.00 bits per heavy atom. The highest BCUT2D eigenvalue weighted by atomic mass is 35.5. The molecular formula is C18H17ClN2O4. The molecule has 0 saturated heterocycles. The average molecular weight is 361 g/mol. The highest BCUT2D eigenvalue weighted by Gasteiger charge is 2.12. The lowest BCUT2D eigenvalue weighted by Crippen LogP contribution is -2.04. The molecule has 0 spiro atoms. The smallest absolute Gasteiger partial charge is 0.269 e. The van der Waals surface area contributed by atoms with Crippen molar-refractivity contribution in [2.24, 2.45) is 0 Å². The van der Waals surface area contributed by atoms with Gasteiger partial charge in [-0.3, -0.25) is 10.1 Å². The lowest BCUT2D eigenvalue weighted by atomic mass is 10.2. The summed E-state index contributed by atoms with van der Waals surface area (Å²) in [6, 6.07) is 9.75. The average Bonchev–Trinajstić information content (AvgIpc) is 2.60. The van der Waals surface area contributed by atoms with Crippen LogP contribution in [0.3, 0.4) is 0 Å². The van der Waals surface area contributed by atoms with Crippen molar-refractivity contribution >= 4 is 23.0 Å². The van der Waals surface area contributed by atoms with Gasteiger partial charge in [-0.25, -0.2) is 0 Å². The molecule has 130 valence electrons. The molecule has 7 heteroatoms. The van der Waals surface area contributed by atoms with Gasteiger partial charge < -0.3 is 14.8 Å². The molecule has 0 fully saturated rings. The van der Waals surface area contributed by atoms with Crippen LogP contribution in [0.1, 0.15) is 12.5 Å². The summed E-state index contributed by atoms with van der Waals surface area (Å²) in [6.07, 6.45) is 5.21. The van der Waals surface area contributed by atoms with E-state index < -0.39 is 4.92 Å². The number of rotatable bonds is 8. The van der Waals surface area contributed by atoms with Crippen molar-refractivity contribution < 1.29 is 14.4 Å². The van der Waals surface area contributed by atoms with Crippen molar-refractivity contribution in [1.29, 1.82) is 0 Å². The van der Waals surface area contributed by atoms with Gasteiger partial charge in [0.25, 0.3) is 5.69 Å². The van der Waals surface area contributed by atoms with Gasteiger partial charge in [-0.2, -0.15) is 0 Å². The molecule has 0 aliphatic rings. The van der Waals surface area contributed by atoms with E-state index in [0.29, 0.717) is 29.7 Å². The molecule has 0 amide bonds. The van der Waals surface area contributed by atoms with Crippen molar-refractivity contribution in [3.8, 4) is 23.8 Å². The van der Waals surface area contributed by atoms with Crippen LogP contribution in [-0.2, 0) is 6.54 Å². The van der Waals surface area contributed by atoms with Gasteiger partial charge in [0.1, 0.15) is 6.61 Å². The number of halogens is 1. The van der Waals surface area contributed by atoms with E-state index in [1.54, 1.807) is 18.2 Å². The fraction of sp³-hybridized carbons (Fsp3) is 0.222. The number of nitrogens with zero attached hydrogens (tertiary/aromatic N) is 1. The van der Waals surface area contributed by atoms with E-state index in [9.17, 15) is 10.1 Å². The molecule has 0 aromatic heterocycles. The van der Waals surface area contributed by atoms with Crippen molar-refractivity contribution in [1.82, 2.24) is 0 Å². The van der Waals surface area contributed by atoms with Crippen LogP contribution in [0.5, 0.6) is 11.5 Å². The minimum Gasteiger partial charge on any atom is -0.490 e. The number of benzene rings is 2. The summed E-state index contributed by atoms with van der Waals surface area (Å²) in [6.45, 7) is 2.88. The Kier molecular flexibility index (Phi) is 6.49. The number of nitro groups is 1. The Bertz CT molecular complexity index is 785. The number of terminal acetylenes is 1. The maximum atomic E-state index is 10.7. The lowest BCUT2D eigenvalue weighted by Gasteiger charge is -2.14. The highest BCUT2D eigenvalue weighted by Crippen LogP contribution is 2.36. The molecule has 0 atom stereocenters. The first-order valence-corrected chi connectivity index (χ1v) is 7.92. The zero-order chi connectivity index (χ0) is 18.2. The molecule has 2 aromatic rings. The third-order valence-corrected chi connectivity index (χ3v) is 3.52. The van der Waals surface area contributed by atoms with Crippen LogP contribution in [0.4, 0.5) is 11.4 Å². The van der Waals surface area contributed by atoms with Crippen LogP contribution in [0.2, 0.25) is 5.02 Å². The monoisotopic (exact) mass is 360 g/mol. The van der Waals surface area contributed by atoms with E-state index in [1.165, 1.54) is 12.1 Å². The van der Waals surface area contributed by atoms with Gasteiger partial charge in [-0.15, -0.1) is 6.42 Å². The maximum absolute atomic E-state index is 10.7. The second-order valence-electron chi connectivity index (χ2n) is 4.99. The summed E-state index contributed by atoms with van der Waals surface area (Å²) in [4.78, 5) is 10.2. The van der Waals surface area contributed by atoms with E-state index >= 15 is 0 Å². The molecule has 0 aliphatic heterocycles. The Balaban J connectivity index is 2.13. The third kappa shape index (κ3) is 5.03. The minimum atomic E-state index is -0.438. The zero-order valence-electron chi connectivity index (χ0n) is 13.6. The fourth-order valence-electron chi connectivity index (χ4n) is 2.15. The van der Waals surface area contributed by atoms with Gasteiger partial charge in [-0.05, 0) is 36.8 Å². The molecule has 0 saturated carbocycles. The predicted octanol–water partition coefficient (Wildman–Crippen LogP) is 4.27. The van der Waals surface area contributed by atoms with E-state index in [-0.39, 0.29) is 12.3 Å². The molecule has 0 bridgehead atoms. The Hall–Kier alpha value is -2.91. The van der Waals surface area contributed by atoms with Crippen LogP contribution >= 0.6 is 11.6 Å². The van der Waals surface area contributed by atoms with Gasteiger partial charge in [0.2, 0.25) is 0 Å². The van der Waals surface area contributed by atoms with Crippen molar-refractivity contribution in [2.75, 3.05) is 18.5 Å². The van der Waals surface area contributed by atoms with E-state index in [1.807, 2.05) is 13.0 Å². The largest absolute Gasteiger partial charge is 0.490 e. The van der Waals surface area contributed by atoms with Gasteiger partial charge in [0.15, 0.2) is 11.5 Å². The molecule has 2 aromatic carbocycles. The number of hydrogen-bond acceptors (Lipinski definition) is 5. The van der Waals surface area contributed by atoms with Crippen molar-refractivity contribution in [2.45, 2.75) is 13.5 Å². The minimum absolute atomic E-state index is 0.0437. The first kappa shape index (κ1) is 18.4. The summed E-state index contributed by atoms with van der Waals surface area (Å²) < 4.78 is 11.0. The zero-order valence-corrected chi connectivity index (χ0v) is 14.4. The second kappa shape index (κ2) is 8.81. The molecule has 1 N–H and O–H groups in total. The molecule has 0 aliphatic carbocycles. The molecule has 0 radical (unpaired) electrons. The number of anilines is 1. The van der Waals surface area contributed by atoms with Crippen molar-refractivity contribution in [3.05, 3.63) is 57.1 Å². The molecule has 0 heterocycles. The first-order valence-electron chi connectivity index (χ1n) is 7.55. The topological polar surface area (TPSA) is 73.6 Å². The third-order valence-electron chi connectivity index (χ3n) is 3.24.